The SMILES string of the molecule is O=C(Oc1c(O)cc(C2Oc3cc(O)cc(O)c3CC2O)c2cc([C@H]3Oc4cc(O)cc(O)c4C[C@H]3O)cc(=O)c(O)c12)c1cc(O)c(O)c(O)c1. The number of carbonyl (C=O) groups is 1. The molecular weight excluding hydrogens is 688 g/mol. The number of phenols is 8. The maximum absolute atomic E-state index is 13.6. The second-order valence-electron chi connectivity index (χ2n) is 12.4. The summed E-state index contributed by atoms with van der Waals surface area (Å²) < 4.78 is 17.3. The molecule has 0 aromatic heterocycles. The normalized spacial score (nSPS) is 19.2. The topological polar surface area (TPSA) is 284 Å². The number of aliphatic hydroxyl groups is 2. The molecule has 268 valence electrons. The van der Waals surface area contributed by atoms with E-state index in [2.05, 4.69) is 0 Å². The molecule has 0 saturated heterocycles. The van der Waals surface area contributed by atoms with Crippen molar-refractivity contribution in [3.05, 3.63) is 92.6 Å². The van der Waals surface area contributed by atoms with Crippen LogP contribution in [-0.2, 0) is 12.8 Å². The fourth-order valence-electron chi connectivity index (χ4n) is 6.48. The number of aliphatic hydroxyl groups excluding tert-OH is 2. The Bertz CT molecular complexity index is 2370. The largest absolute Gasteiger partial charge is 0.508 e. The van der Waals surface area contributed by atoms with Gasteiger partial charge in [0.15, 0.2) is 40.6 Å². The number of esters is 1. The molecule has 5 aromatic rings. The van der Waals surface area contributed by atoms with Gasteiger partial charge in [-0.15, -0.1) is 0 Å². The lowest BCUT2D eigenvalue weighted by Gasteiger charge is -2.32. The van der Waals surface area contributed by atoms with Crippen LogP contribution in [0.25, 0.3) is 10.8 Å². The summed E-state index contributed by atoms with van der Waals surface area (Å²) in [5.74, 6) is -8.42. The molecule has 16 nitrogen and oxygen atoms in total. The molecule has 4 atom stereocenters. The maximum atomic E-state index is 13.6. The number of fused-ring (bicyclic) bond motifs is 3. The number of rotatable bonds is 4. The van der Waals surface area contributed by atoms with Gasteiger partial charge in [0.05, 0.1) is 23.2 Å². The van der Waals surface area contributed by atoms with Crippen molar-refractivity contribution in [3.8, 4) is 69.0 Å². The van der Waals surface area contributed by atoms with E-state index in [1.165, 1.54) is 18.2 Å². The summed E-state index contributed by atoms with van der Waals surface area (Å²) in [7, 11) is 0. The van der Waals surface area contributed by atoms with Gasteiger partial charge in [0.2, 0.25) is 5.43 Å². The lowest BCUT2D eigenvalue weighted by Crippen LogP contribution is -2.31. The first-order valence-electron chi connectivity index (χ1n) is 15.4. The van der Waals surface area contributed by atoms with Gasteiger partial charge in [0.1, 0.15) is 40.6 Å². The molecule has 0 saturated carbocycles. The summed E-state index contributed by atoms with van der Waals surface area (Å²) in [5, 5.41) is 115. The Morgan fingerprint density at radius 1 is 0.615 bits per heavy atom. The van der Waals surface area contributed by atoms with E-state index in [0.717, 1.165) is 36.4 Å². The van der Waals surface area contributed by atoms with Gasteiger partial charge in [0, 0.05) is 53.8 Å². The van der Waals surface area contributed by atoms with Crippen molar-refractivity contribution in [1.82, 2.24) is 0 Å². The molecule has 2 heterocycles. The molecule has 0 radical (unpaired) electrons. The third-order valence-corrected chi connectivity index (χ3v) is 8.92. The first-order chi connectivity index (χ1) is 24.6. The van der Waals surface area contributed by atoms with Crippen LogP contribution in [0, 0.1) is 0 Å². The van der Waals surface area contributed by atoms with Crippen LogP contribution in [0.4, 0.5) is 0 Å². The van der Waals surface area contributed by atoms with Crippen molar-refractivity contribution in [2.45, 2.75) is 37.3 Å². The Morgan fingerprint density at radius 2 is 1.15 bits per heavy atom. The van der Waals surface area contributed by atoms with Crippen LogP contribution < -0.4 is 19.6 Å². The summed E-state index contributed by atoms with van der Waals surface area (Å²) >= 11 is 0. The highest BCUT2D eigenvalue weighted by Crippen LogP contribution is 2.49. The first-order valence-corrected chi connectivity index (χ1v) is 15.4. The molecule has 2 aliphatic rings. The third-order valence-electron chi connectivity index (χ3n) is 8.92. The molecule has 0 aliphatic carbocycles. The van der Waals surface area contributed by atoms with Gasteiger partial charge >= 0.3 is 5.97 Å². The molecule has 16 heteroatoms. The number of ether oxygens (including phenoxy) is 3. The van der Waals surface area contributed by atoms with Crippen molar-refractivity contribution < 1.29 is 75.2 Å². The van der Waals surface area contributed by atoms with E-state index in [1.54, 1.807) is 0 Å². The Labute approximate surface area is 290 Å². The van der Waals surface area contributed by atoms with Crippen LogP contribution in [-0.4, -0.2) is 74.3 Å². The van der Waals surface area contributed by atoms with Crippen LogP contribution in [0.1, 0.15) is 44.8 Å². The highest BCUT2D eigenvalue weighted by Gasteiger charge is 2.37. The Morgan fingerprint density at radius 3 is 1.73 bits per heavy atom. The number of carbonyl (C=O) groups excluding carboxylic acids is 1. The second-order valence-corrected chi connectivity index (χ2v) is 12.4. The zero-order valence-electron chi connectivity index (χ0n) is 26.4. The maximum Gasteiger partial charge on any atom is 0.343 e. The number of hydrogen-bond donors (Lipinski definition) is 11. The lowest BCUT2D eigenvalue weighted by molar-refractivity contribution is 0.0194. The average molecular weight is 717 g/mol. The first kappa shape index (κ1) is 33.7. The summed E-state index contributed by atoms with van der Waals surface area (Å²) in [5.41, 5.74) is -1.59. The van der Waals surface area contributed by atoms with Gasteiger partial charge in [-0.3, -0.25) is 4.79 Å². The van der Waals surface area contributed by atoms with E-state index in [-0.39, 0.29) is 75.0 Å². The molecule has 11 N–H and O–H groups in total. The quantitative estimate of drug-likeness (QED) is 0.0724. The van der Waals surface area contributed by atoms with Gasteiger partial charge < -0.3 is 70.4 Å². The van der Waals surface area contributed by atoms with Crippen LogP contribution in [0.15, 0.2) is 59.4 Å². The smallest absolute Gasteiger partial charge is 0.343 e. The van der Waals surface area contributed by atoms with Crippen LogP contribution in [0.2, 0.25) is 0 Å². The van der Waals surface area contributed by atoms with Gasteiger partial charge in [-0.25, -0.2) is 4.79 Å². The van der Waals surface area contributed by atoms with E-state index in [9.17, 15) is 65.8 Å². The van der Waals surface area contributed by atoms with Gasteiger partial charge in [-0.05, 0) is 41.3 Å². The molecule has 52 heavy (non-hydrogen) atoms. The third kappa shape index (κ3) is 5.61. The highest BCUT2D eigenvalue weighted by molar-refractivity contribution is 6.01. The summed E-state index contributed by atoms with van der Waals surface area (Å²) in [4.78, 5) is 26.8. The van der Waals surface area contributed by atoms with Crippen LogP contribution in [0.5, 0.6) is 69.0 Å². The molecule has 7 rings (SSSR count). The molecule has 0 spiro atoms. The molecule has 0 fully saturated rings. The Hall–Kier alpha value is -6.78. The van der Waals surface area contributed by atoms with Crippen molar-refractivity contribution in [1.29, 1.82) is 0 Å². The minimum atomic E-state index is -1.47. The minimum absolute atomic E-state index is 0.0320. The van der Waals surface area contributed by atoms with Gasteiger partial charge in [-0.2, -0.15) is 0 Å². The molecular formula is C36H28O16. The fourth-order valence-corrected chi connectivity index (χ4v) is 6.48. The average Bonchev–Trinajstić information content (AvgIpc) is 3.20. The standard InChI is InChI=1S/C36H28O16/c37-14-5-20(39)18-10-25(44)33(50-28(18)7-14)12-1-16-17(34-26(45)11-19-21(40)6-15(38)8-29(19)51-34)9-27(46)35(30(16)32(48)24(43)2-12)52-36(49)13-3-22(41)31(47)23(42)4-13/h1-9,25-26,33-34,37-42,44-47H,10-11H2,(H,43,48)/t25-,26?,33-,34?/m1/s1. The summed E-state index contributed by atoms with van der Waals surface area (Å²) in [6, 6.07) is 9.04. The van der Waals surface area contributed by atoms with Gasteiger partial charge in [0.25, 0.3) is 0 Å². The van der Waals surface area contributed by atoms with E-state index in [0.29, 0.717) is 0 Å². The van der Waals surface area contributed by atoms with Crippen LogP contribution in [0.3, 0.4) is 0 Å². The second kappa shape index (κ2) is 12.2. The van der Waals surface area contributed by atoms with E-state index in [1.807, 2.05) is 0 Å². The van der Waals surface area contributed by atoms with Crippen molar-refractivity contribution >= 4 is 16.7 Å². The Kier molecular flexibility index (Phi) is 7.92. The van der Waals surface area contributed by atoms with Crippen molar-refractivity contribution in [2.24, 2.45) is 0 Å². The fraction of sp³-hybridized carbons (Fsp3) is 0.167. The predicted octanol–water partition coefficient (Wildman–Crippen LogP) is 2.84. The van der Waals surface area contributed by atoms with Crippen molar-refractivity contribution in [3.63, 3.8) is 0 Å². The van der Waals surface area contributed by atoms with Gasteiger partial charge in [-0.1, -0.05) is 0 Å². The lowest BCUT2D eigenvalue weighted by atomic mass is 9.90. The van der Waals surface area contributed by atoms with E-state index < -0.39 is 81.3 Å². The number of benzene rings is 4. The molecule has 0 bridgehead atoms. The molecule has 2 aliphatic heterocycles. The number of aromatic hydroxyl groups is 9. The summed E-state index contributed by atoms with van der Waals surface area (Å²) in [6.45, 7) is 0. The van der Waals surface area contributed by atoms with E-state index >= 15 is 0 Å². The minimum Gasteiger partial charge on any atom is -0.508 e. The molecule has 5 aromatic carbocycles. The molecule has 2 unspecified atom stereocenters. The number of hydrogen-bond acceptors (Lipinski definition) is 16. The zero-order chi connectivity index (χ0) is 37.3. The highest BCUT2D eigenvalue weighted by atomic mass is 16.5. The Balaban J connectivity index is 1.45. The zero-order valence-corrected chi connectivity index (χ0v) is 26.4. The predicted molar refractivity (Wildman–Crippen MR) is 176 cm³/mol. The molecule has 0 amide bonds. The monoisotopic (exact) mass is 716 g/mol. The number of phenolic OH excluding ortho intramolecular Hbond substituents is 8. The summed E-state index contributed by atoms with van der Waals surface area (Å²) in [6.07, 6.45) is -6.19. The van der Waals surface area contributed by atoms with Crippen molar-refractivity contribution in [2.75, 3.05) is 0 Å². The van der Waals surface area contributed by atoms with Crippen LogP contribution >= 0.6 is 0 Å². The van der Waals surface area contributed by atoms with E-state index in [4.69, 9.17) is 14.2 Å².